The first-order chi connectivity index (χ1) is 15.4. The lowest BCUT2D eigenvalue weighted by molar-refractivity contribution is -0.113. The van der Waals surface area contributed by atoms with Crippen LogP contribution >= 0.6 is 23.4 Å². The molecule has 8 nitrogen and oxygen atoms in total. The van der Waals surface area contributed by atoms with Gasteiger partial charge in [-0.3, -0.25) is 18.8 Å². The molecule has 4 aromatic rings. The van der Waals surface area contributed by atoms with Crippen LogP contribution in [0.1, 0.15) is 23.9 Å². The van der Waals surface area contributed by atoms with Crippen LogP contribution in [-0.2, 0) is 17.9 Å². The van der Waals surface area contributed by atoms with Crippen LogP contribution in [0.4, 0.5) is 5.69 Å². The number of hydrogen-bond donors (Lipinski definition) is 1. The molecule has 32 heavy (non-hydrogen) atoms. The topological polar surface area (TPSA) is 95.0 Å². The summed E-state index contributed by atoms with van der Waals surface area (Å²) in [6.07, 6.45) is 1.56. The first kappa shape index (κ1) is 22.2. The number of carbonyl (C=O) groups excluding carboxylic acids is 1. The minimum Gasteiger partial charge on any atom is -0.467 e. The fraction of sp³-hybridized carbons (Fsp3) is 0.273. The molecule has 10 heteroatoms. The molecule has 3 aromatic heterocycles. The van der Waals surface area contributed by atoms with E-state index in [1.807, 2.05) is 26.8 Å². The Balaban J connectivity index is 1.64. The van der Waals surface area contributed by atoms with E-state index >= 15 is 0 Å². The Kier molecular flexibility index (Phi) is 6.38. The zero-order valence-corrected chi connectivity index (χ0v) is 19.5. The summed E-state index contributed by atoms with van der Waals surface area (Å²) >= 11 is 7.33. The number of benzene rings is 1. The molecule has 1 amide bonds. The van der Waals surface area contributed by atoms with Crippen molar-refractivity contribution in [1.29, 1.82) is 0 Å². The Morgan fingerprint density at radius 1 is 1.28 bits per heavy atom. The van der Waals surface area contributed by atoms with Crippen LogP contribution in [0.15, 0.2) is 51.0 Å². The molecule has 0 spiro atoms. The molecule has 1 aromatic carbocycles. The van der Waals surface area contributed by atoms with E-state index in [2.05, 4.69) is 15.4 Å². The number of anilines is 1. The molecule has 0 aliphatic heterocycles. The van der Waals surface area contributed by atoms with E-state index in [1.54, 1.807) is 35.2 Å². The number of carbonyl (C=O) groups is 1. The summed E-state index contributed by atoms with van der Waals surface area (Å²) in [5.74, 6) is 0.464. The van der Waals surface area contributed by atoms with Gasteiger partial charge in [0.25, 0.3) is 5.56 Å². The second-order valence-corrected chi connectivity index (χ2v) is 8.61. The van der Waals surface area contributed by atoms with Crippen molar-refractivity contribution in [2.45, 2.75) is 39.0 Å². The van der Waals surface area contributed by atoms with Crippen molar-refractivity contribution in [1.82, 2.24) is 19.3 Å². The molecule has 1 N–H and O–H groups in total. The van der Waals surface area contributed by atoms with Gasteiger partial charge in [0.2, 0.25) is 5.91 Å². The highest BCUT2D eigenvalue weighted by molar-refractivity contribution is 7.99. The molecule has 0 saturated heterocycles. The third-order valence-electron chi connectivity index (χ3n) is 4.96. The van der Waals surface area contributed by atoms with Gasteiger partial charge in [-0.25, -0.2) is 4.98 Å². The van der Waals surface area contributed by atoms with Crippen molar-refractivity contribution in [3.05, 3.63) is 69.0 Å². The van der Waals surface area contributed by atoms with Gasteiger partial charge in [0, 0.05) is 17.3 Å². The average Bonchev–Trinajstić information content (AvgIpc) is 3.39. The number of fused-ring (bicyclic) bond motifs is 1. The van der Waals surface area contributed by atoms with Crippen LogP contribution in [0, 0.1) is 13.8 Å². The van der Waals surface area contributed by atoms with Crippen molar-refractivity contribution in [2.24, 2.45) is 0 Å². The third kappa shape index (κ3) is 4.44. The third-order valence-corrected chi connectivity index (χ3v) is 6.35. The quantitative estimate of drug-likeness (QED) is 0.319. The van der Waals surface area contributed by atoms with E-state index in [-0.39, 0.29) is 23.8 Å². The molecule has 3 heterocycles. The lowest BCUT2D eigenvalue weighted by Crippen LogP contribution is -2.26. The van der Waals surface area contributed by atoms with Gasteiger partial charge >= 0.3 is 0 Å². The van der Waals surface area contributed by atoms with Crippen molar-refractivity contribution in [3.63, 3.8) is 0 Å². The highest BCUT2D eigenvalue weighted by atomic mass is 35.5. The van der Waals surface area contributed by atoms with E-state index in [9.17, 15) is 9.59 Å². The number of nitrogens with zero attached hydrogens (tertiary/aromatic N) is 4. The Hall–Kier alpha value is -3.04. The highest BCUT2D eigenvalue weighted by Crippen LogP contribution is 2.23. The molecular weight excluding hydrogens is 450 g/mol. The van der Waals surface area contributed by atoms with Crippen LogP contribution in [0.3, 0.4) is 0 Å². The Morgan fingerprint density at radius 2 is 2.09 bits per heavy atom. The Morgan fingerprint density at radius 3 is 2.78 bits per heavy atom. The molecule has 4 rings (SSSR count). The number of aryl methyl sites for hydroxylation is 3. The van der Waals surface area contributed by atoms with Crippen molar-refractivity contribution >= 4 is 46.0 Å². The maximum Gasteiger partial charge on any atom is 0.280 e. The summed E-state index contributed by atoms with van der Waals surface area (Å²) in [6.45, 7) is 6.40. The van der Waals surface area contributed by atoms with E-state index in [1.165, 1.54) is 16.3 Å². The molecule has 166 valence electrons. The van der Waals surface area contributed by atoms with Crippen LogP contribution in [0.25, 0.3) is 11.0 Å². The Labute approximate surface area is 193 Å². The molecule has 0 bridgehead atoms. The minimum atomic E-state index is -0.227. The smallest absolute Gasteiger partial charge is 0.280 e. The van der Waals surface area contributed by atoms with Crippen molar-refractivity contribution in [2.75, 3.05) is 11.1 Å². The van der Waals surface area contributed by atoms with Crippen molar-refractivity contribution < 1.29 is 9.21 Å². The fourth-order valence-electron chi connectivity index (χ4n) is 3.32. The van der Waals surface area contributed by atoms with E-state index in [4.69, 9.17) is 16.0 Å². The summed E-state index contributed by atoms with van der Waals surface area (Å²) < 4.78 is 8.61. The van der Waals surface area contributed by atoms with Gasteiger partial charge in [0.05, 0.1) is 24.3 Å². The summed E-state index contributed by atoms with van der Waals surface area (Å²) in [7, 11) is 0. The zero-order chi connectivity index (χ0) is 22.8. The number of nitrogens with one attached hydrogen (secondary N) is 1. The number of amides is 1. The lowest BCUT2D eigenvalue weighted by Gasteiger charge is -2.12. The number of hydrogen-bond acceptors (Lipinski definition) is 6. The van der Waals surface area contributed by atoms with E-state index < -0.39 is 0 Å². The fourth-order valence-corrected chi connectivity index (χ4v) is 4.29. The van der Waals surface area contributed by atoms with E-state index in [0.29, 0.717) is 44.9 Å². The summed E-state index contributed by atoms with van der Waals surface area (Å²) in [6, 6.07) is 8.90. The maximum atomic E-state index is 13.4. The number of halogens is 1. The molecule has 0 aliphatic rings. The average molecular weight is 472 g/mol. The molecule has 0 atom stereocenters. The predicted molar refractivity (Wildman–Crippen MR) is 126 cm³/mol. The van der Waals surface area contributed by atoms with Gasteiger partial charge in [0.1, 0.15) is 11.3 Å². The molecule has 0 unspecified atom stereocenters. The van der Waals surface area contributed by atoms with Gasteiger partial charge < -0.3 is 9.73 Å². The number of rotatable bonds is 7. The number of furan rings is 1. The van der Waals surface area contributed by atoms with Crippen LogP contribution in [0.5, 0.6) is 0 Å². The maximum absolute atomic E-state index is 13.4. The van der Waals surface area contributed by atoms with E-state index in [0.717, 1.165) is 5.56 Å². The molecule has 0 aliphatic carbocycles. The standard InChI is InChI=1S/C22H22ClN5O3S/c1-4-28-20-19(14(3)26-28)25-22(27(21(20)30)11-16-6-5-9-31-16)32-12-18(29)24-15-8-7-13(2)17(23)10-15/h5-10H,4,11-12H2,1-3H3,(H,24,29). The molecular formula is C22H22ClN5O3S. The van der Waals surface area contributed by atoms with Gasteiger partial charge in [-0.05, 0) is 50.6 Å². The normalized spacial score (nSPS) is 11.2. The first-order valence-electron chi connectivity index (χ1n) is 10.1. The Bertz CT molecular complexity index is 1340. The van der Waals surface area contributed by atoms with Crippen LogP contribution in [-0.4, -0.2) is 31.0 Å². The van der Waals surface area contributed by atoms with Crippen LogP contribution in [0.2, 0.25) is 5.02 Å². The summed E-state index contributed by atoms with van der Waals surface area (Å²) in [5.41, 5.74) is 2.98. The van der Waals surface area contributed by atoms with Crippen molar-refractivity contribution in [3.8, 4) is 0 Å². The summed E-state index contributed by atoms with van der Waals surface area (Å²) in [4.78, 5) is 30.6. The first-order valence-corrected chi connectivity index (χ1v) is 11.4. The largest absolute Gasteiger partial charge is 0.467 e. The van der Waals surface area contributed by atoms with Gasteiger partial charge in [-0.15, -0.1) is 0 Å². The molecule has 0 fully saturated rings. The monoisotopic (exact) mass is 471 g/mol. The van der Waals surface area contributed by atoms with Gasteiger partial charge in [0.15, 0.2) is 10.7 Å². The highest BCUT2D eigenvalue weighted by Gasteiger charge is 2.19. The second kappa shape index (κ2) is 9.22. The van der Waals surface area contributed by atoms with Crippen LogP contribution < -0.4 is 10.9 Å². The second-order valence-electron chi connectivity index (χ2n) is 7.26. The number of aromatic nitrogens is 4. The minimum absolute atomic E-state index is 0.0720. The molecule has 0 saturated carbocycles. The zero-order valence-electron chi connectivity index (χ0n) is 17.9. The predicted octanol–water partition coefficient (Wildman–Crippen LogP) is 4.26. The number of thioether (sulfide) groups is 1. The van der Waals surface area contributed by atoms with Gasteiger partial charge in [-0.2, -0.15) is 5.10 Å². The summed E-state index contributed by atoms with van der Waals surface area (Å²) in [5, 5.41) is 8.27. The molecule has 0 radical (unpaired) electrons. The van der Waals surface area contributed by atoms with Gasteiger partial charge in [-0.1, -0.05) is 29.4 Å². The lowest BCUT2D eigenvalue weighted by atomic mass is 10.2. The SMILES string of the molecule is CCn1nc(C)c2nc(SCC(=O)Nc3ccc(C)c(Cl)c3)n(Cc3ccco3)c(=O)c21.